The number of rotatable bonds is 13. The van der Waals surface area contributed by atoms with Gasteiger partial charge in [0.15, 0.2) is 5.96 Å². The van der Waals surface area contributed by atoms with Crippen LogP contribution in [-0.2, 0) is 24.0 Å². The van der Waals surface area contributed by atoms with Crippen molar-refractivity contribution in [1.82, 2.24) is 21.3 Å². The summed E-state index contributed by atoms with van der Waals surface area (Å²) in [5, 5.41) is 17.9. The van der Waals surface area contributed by atoms with Gasteiger partial charge in [-0.25, -0.2) is 0 Å². The number of carbonyl (C=O) groups excluding carboxylic acids is 4. The van der Waals surface area contributed by atoms with Gasteiger partial charge in [-0.05, 0) is 33.6 Å². The maximum atomic E-state index is 12.2. The predicted molar refractivity (Wildman–Crippen MR) is 111 cm³/mol. The molecule has 0 rings (SSSR count). The van der Waals surface area contributed by atoms with Crippen LogP contribution in [0.1, 0.15) is 33.6 Å². The minimum atomic E-state index is -1.22. The molecular formula is C17H32N8O6. The van der Waals surface area contributed by atoms with Crippen molar-refractivity contribution in [1.29, 1.82) is 0 Å². The highest BCUT2D eigenvalue weighted by Crippen LogP contribution is 1.97. The van der Waals surface area contributed by atoms with Gasteiger partial charge in [-0.2, -0.15) is 0 Å². The Labute approximate surface area is 179 Å². The van der Waals surface area contributed by atoms with Gasteiger partial charge < -0.3 is 43.6 Å². The third kappa shape index (κ3) is 12.0. The summed E-state index contributed by atoms with van der Waals surface area (Å²) < 4.78 is 0. The molecule has 0 heterocycles. The Morgan fingerprint density at radius 2 is 1.29 bits per heavy atom. The molecule has 176 valence electrons. The van der Waals surface area contributed by atoms with Crippen LogP contribution in [0.2, 0.25) is 0 Å². The second-order valence-electron chi connectivity index (χ2n) is 6.86. The van der Waals surface area contributed by atoms with Gasteiger partial charge >= 0.3 is 5.97 Å². The lowest BCUT2D eigenvalue weighted by atomic mass is 10.1. The van der Waals surface area contributed by atoms with E-state index in [1.54, 1.807) is 0 Å². The lowest BCUT2D eigenvalue weighted by Gasteiger charge is -2.21. The molecule has 4 amide bonds. The number of aliphatic imine (C=N–C) groups is 1. The van der Waals surface area contributed by atoms with Crippen LogP contribution in [0, 0.1) is 0 Å². The molecule has 0 fully saturated rings. The highest BCUT2D eigenvalue weighted by Gasteiger charge is 2.25. The van der Waals surface area contributed by atoms with E-state index >= 15 is 0 Å². The van der Waals surface area contributed by atoms with Crippen LogP contribution in [0.15, 0.2) is 4.99 Å². The summed E-state index contributed by atoms with van der Waals surface area (Å²) >= 11 is 0. The highest BCUT2D eigenvalue weighted by molar-refractivity contribution is 5.94. The monoisotopic (exact) mass is 444 g/mol. The number of nitrogens with two attached hydrogens (primary N) is 3. The Kier molecular flexibility index (Phi) is 12.2. The average Bonchev–Trinajstić information content (AvgIpc) is 2.68. The van der Waals surface area contributed by atoms with Gasteiger partial charge in [-0.15, -0.1) is 0 Å². The molecule has 14 heteroatoms. The summed E-state index contributed by atoms with van der Waals surface area (Å²) in [4.78, 5) is 62.3. The predicted octanol–water partition coefficient (Wildman–Crippen LogP) is -3.92. The number of aliphatic carboxylic acids is 1. The number of carboxylic acid groups (broad SMARTS) is 1. The van der Waals surface area contributed by atoms with Crippen LogP contribution in [0.3, 0.4) is 0 Å². The zero-order valence-corrected chi connectivity index (χ0v) is 17.8. The van der Waals surface area contributed by atoms with Crippen LogP contribution in [0.25, 0.3) is 0 Å². The molecule has 0 aliphatic carbocycles. The van der Waals surface area contributed by atoms with Gasteiger partial charge in [-0.1, -0.05) is 0 Å². The van der Waals surface area contributed by atoms with Crippen molar-refractivity contribution in [3.63, 3.8) is 0 Å². The normalized spacial score (nSPS) is 14.2. The molecule has 0 radical (unpaired) electrons. The number of carbonyl (C=O) groups is 5. The second kappa shape index (κ2) is 13.7. The number of amides is 4. The topological polar surface area (TPSA) is 244 Å². The smallest absolute Gasteiger partial charge is 0.322 e. The fourth-order valence-corrected chi connectivity index (χ4v) is 2.16. The SMILES string of the molecule is C[C@H](NC(=O)[C@H](C)NC(=O)[C@H](C)NC(=O)[C@@H](N)CCCN=C(N)N)C(=O)NCC(=O)O. The fourth-order valence-electron chi connectivity index (χ4n) is 2.16. The molecule has 0 aromatic carbocycles. The fraction of sp³-hybridized carbons (Fsp3) is 0.647. The molecule has 4 atom stereocenters. The van der Waals surface area contributed by atoms with Crippen molar-refractivity contribution in [2.45, 2.75) is 57.8 Å². The second-order valence-corrected chi connectivity index (χ2v) is 6.86. The van der Waals surface area contributed by atoms with Gasteiger partial charge in [0.25, 0.3) is 0 Å². The number of nitrogens with one attached hydrogen (secondary N) is 4. The first-order chi connectivity index (χ1) is 14.3. The molecule has 0 aliphatic heterocycles. The molecule has 0 saturated carbocycles. The molecule has 31 heavy (non-hydrogen) atoms. The Morgan fingerprint density at radius 3 is 1.74 bits per heavy atom. The van der Waals surface area contributed by atoms with Crippen LogP contribution >= 0.6 is 0 Å². The maximum Gasteiger partial charge on any atom is 0.322 e. The van der Waals surface area contributed by atoms with Crippen LogP contribution in [0.4, 0.5) is 0 Å². The number of guanidine groups is 1. The Bertz CT molecular complexity index is 694. The molecule has 0 spiro atoms. The van der Waals surface area contributed by atoms with Crippen LogP contribution in [0.5, 0.6) is 0 Å². The molecule has 11 N–H and O–H groups in total. The quantitative estimate of drug-likeness (QED) is 0.0784. The number of hydrogen-bond acceptors (Lipinski definition) is 7. The van der Waals surface area contributed by atoms with Gasteiger partial charge in [-0.3, -0.25) is 29.0 Å². The third-order valence-electron chi connectivity index (χ3n) is 3.97. The summed E-state index contributed by atoms with van der Waals surface area (Å²) in [6.45, 7) is 3.91. The first-order valence-corrected chi connectivity index (χ1v) is 9.56. The van der Waals surface area contributed by atoms with Crippen LogP contribution < -0.4 is 38.5 Å². The molecule has 14 nitrogen and oxygen atoms in total. The van der Waals surface area contributed by atoms with Crippen molar-refractivity contribution in [2.75, 3.05) is 13.1 Å². The Morgan fingerprint density at radius 1 is 0.839 bits per heavy atom. The van der Waals surface area contributed by atoms with Crippen molar-refractivity contribution in [3.8, 4) is 0 Å². The first-order valence-electron chi connectivity index (χ1n) is 9.56. The Balaban J connectivity index is 4.46. The van der Waals surface area contributed by atoms with E-state index in [2.05, 4.69) is 26.3 Å². The standard InChI is InChI=1S/C17H32N8O6/c1-8(13(28)22-7-12(26)27)23-14(29)9(2)24-15(30)10(3)25-16(31)11(18)5-4-6-21-17(19)20/h8-11H,4-7,18H2,1-3H3,(H,22,28)(H,23,29)(H,24,30)(H,25,31)(H,26,27)(H4,19,20,21)/t8-,9-,10-,11-/m0/s1. The van der Waals surface area contributed by atoms with E-state index in [0.29, 0.717) is 19.4 Å². The summed E-state index contributed by atoms with van der Waals surface area (Å²) in [6.07, 6.45) is 0.778. The third-order valence-corrected chi connectivity index (χ3v) is 3.97. The molecule has 0 unspecified atom stereocenters. The zero-order valence-electron chi connectivity index (χ0n) is 17.8. The van der Waals surface area contributed by atoms with Crippen LogP contribution in [-0.4, -0.2) is 77.9 Å². The molecule has 0 aliphatic rings. The van der Waals surface area contributed by atoms with E-state index in [1.165, 1.54) is 20.8 Å². The lowest BCUT2D eigenvalue weighted by molar-refractivity contribution is -0.138. The van der Waals surface area contributed by atoms with E-state index in [0.717, 1.165) is 0 Å². The molecule has 0 saturated heterocycles. The van der Waals surface area contributed by atoms with Gasteiger partial charge in [0.2, 0.25) is 23.6 Å². The largest absolute Gasteiger partial charge is 0.480 e. The maximum absolute atomic E-state index is 12.2. The molecule has 0 aromatic rings. The molecule has 0 aromatic heterocycles. The van der Waals surface area contributed by atoms with Crippen molar-refractivity contribution < 1.29 is 29.1 Å². The van der Waals surface area contributed by atoms with Gasteiger partial charge in [0.05, 0.1) is 6.04 Å². The van der Waals surface area contributed by atoms with E-state index in [9.17, 15) is 24.0 Å². The molecular weight excluding hydrogens is 412 g/mol. The minimum absolute atomic E-state index is 0.0586. The lowest BCUT2D eigenvalue weighted by Crippen LogP contribution is -2.56. The van der Waals surface area contributed by atoms with Gasteiger partial charge in [0.1, 0.15) is 24.7 Å². The summed E-state index contributed by atoms with van der Waals surface area (Å²) in [5.41, 5.74) is 16.2. The number of carboxylic acids is 1. The molecule has 0 bridgehead atoms. The average molecular weight is 444 g/mol. The number of nitrogens with zero attached hydrogens (tertiary/aromatic N) is 1. The van der Waals surface area contributed by atoms with Crippen molar-refractivity contribution in [3.05, 3.63) is 0 Å². The van der Waals surface area contributed by atoms with E-state index in [1.807, 2.05) is 0 Å². The Hall–Kier alpha value is -3.42. The van der Waals surface area contributed by atoms with E-state index in [4.69, 9.17) is 22.3 Å². The van der Waals surface area contributed by atoms with E-state index < -0.39 is 60.3 Å². The zero-order chi connectivity index (χ0) is 24.1. The number of hydrogen-bond donors (Lipinski definition) is 8. The summed E-state index contributed by atoms with van der Waals surface area (Å²) in [7, 11) is 0. The minimum Gasteiger partial charge on any atom is -0.480 e. The van der Waals surface area contributed by atoms with Crippen molar-refractivity contribution in [2.24, 2.45) is 22.2 Å². The summed E-state index contributed by atoms with van der Waals surface area (Å²) in [6, 6.07) is -3.87. The van der Waals surface area contributed by atoms with E-state index in [-0.39, 0.29) is 5.96 Å². The highest BCUT2D eigenvalue weighted by atomic mass is 16.4. The first kappa shape index (κ1) is 27.6. The van der Waals surface area contributed by atoms with Gasteiger partial charge in [0, 0.05) is 6.54 Å². The summed E-state index contributed by atoms with van der Waals surface area (Å²) in [5.74, 6) is -3.82. The van der Waals surface area contributed by atoms with Crippen molar-refractivity contribution >= 4 is 35.6 Å².